The molecule has 3 aromatic heterocycles. The molecule has 0 aliphatic carbocycles. The largest absolute Gasteiger partial charge is 0.489 e. The Hall–Kier alpha value is -4.02. The summed E-state index contributed by atoms with van der Waals surface area (Å²) in [5, 5.41) is 4.12. The summed E-state index contributed by atoms with van der Waals surface area (Å²) in [5.74, 6) is 2.05. The number of ether oxygens (including phenoxy) is 2. The van der Waals surface area contributed by atoms with Crippen LogP contribution in [0.4, 0.5) is 5.82 Å². The maximum absolute atomic E-state index is 11.0. The summed E-state index contributed by atoms with van der Waals surface area (Å²) in [4.78, 5) is 22.3. The van der Waals surface area contributed by atoms with Crippen LogP contribution < -0.4 is 19.8 Å². The summed E-state index contributed by atoms with van der Waals surface area (Å²) < 4.78 is 33.9. The molecule has 0 aliphatic rings. The van der Waals surface area contributed by atoms with Crippen LogP contribution in [0.2, 0.25) is 0 Å². The van der Waals surface area contributed by atoms with E-state index in [0.29, 0.717) is 42.5 Å². The third-order valence-electron chi connectivity index (χ3n) is 6.23. The Morgan fingerprint density at radius 1 is 1.12 bits per heavy atom. The van der Waals surface area contributed by atoms with Gasteiger partial charge in [-0.25, -0.2) is 18.6 Å². The van der Waals surface area contributed by atoms with Gasteiger partial charge in [-0.05, 0) is 67.7 Å². The zero-order valence-corrected chi connectivity index (χ0v) is 23.9. The lowest BCUT2D eigenvalue weighted by Crippen LogP contribution is -2.38. The molecule has 0 saturated carbocycles. The second-order valence-corrected chi connectivity index (χ2v) is 10.6. The number of benzene rings is 1. The minimum Gasteiger partial charge on any atom is -0.489 e. The molecule has 0 bridgehead atoms. The van der Waals surface area contributed by atoms with Crippen molar-refractivity contribution >= 4 is 13.6 Å². The molecule has 0 saturated heterocycles. The van der Waals surface area contributed by atoms with Crippen molar-refractivity contribution in [2.75, 3.05) is 18.9 Å². The Bertz CT molecular complexity index is 1500. The summed E-state index contributed by atoms with van der Waals surface area (Å²) in [6.07, 6.45) is 7.56. The molecule has 3 heterocycles. The highest BCUT2D eigenvalue weighted by molar-refractivity contribution is 7.46. The average Bonchev–Trinajstić information content (AvgIpc) is 3.42. The number of hydrogen-bond acceptors (Lipinski definition) is 8. The molecule has 41 heavy (non-hydrogen) atoms. The molecule has 0 radical (unpaired) electrons. The van der Waals surface area contributed by atoms with Crippen LogP contribution in [0.1, 0.15) is 37.1 Å². The molecule has 0 atom stereocenters. The lowest BCUT2D eigenvalue weighted by atomic mass is 10.1. The number of phosphoric ester groups is 1. The van der Waals surface area contributed by atoms with Crippen LogP contribution in [-0.4, -0.2) is 33.1 Å². The zero-order valence-electron chi connectivity index (χ0n) is 23.0. The first kappa shape index (κ1) is 30.0. The van der Waals surface area contributed by atoms with E-state index in [-0.39, 0.29) is 5.82 Å². The SMILES string of the molecule is C/C=C(\C)COc1ccc(CCCOc2ccc(Cc3cc(-c4ccc[n+](COP(=O)(O)O)c4N)on3)cn2)cc1. The number of aromatic nitrogens is 3. The number of pyridine rings is 2. The van der Waals surface area contributed by atoms with Gasteiger partial charge in [0.1, 0.15) is 17.9 Å². The molecule has 216 valence electrons. The molecule has 0 spiro atoms. The Balaban J connectivity index is 1.24. The van der Waals surface area contributed by atoms with Gasteiger partial charge in [-0.1, -0.05) is 29.4 Å². The van der Waals surface area contributed by atoms with Gasteiger partial charge in [-0.15, -0.1) is 0 Å². The van der Waals surface area contributed by atoms with Gasteiger partial charge in [0.15, 0.2) is 5.76 Å². The van der Waals surface area contributed by atoms with Crippen LogP contribution in [0.25, 0.3) is 11.3 Å². The summed E-state index contributed by atoms with van der Waals surface area (Å²) in [6.45, 7) is 4.78. The van der Waals surface area contributed by atoms with Crippen LogP contribution in [0.3, 0.4) is 0 Å². The highest BCUT2D eigenvalue weighted by atomic mass is 31.2. The van der Waals surface area contributed by atoms with Crippen molar-refractivity contribution in [3.05, 3.63) is 95.5 Å². The summed E-state index contributed by atoms with van der Waals surface area (Å²) >= 11 is 0. The van der Waals surface area contributed by atoms with Crippen molar-refractivity contribution in [2.45, 2.75) is 39.8 Å². The number of anilines is 1. The molecule has 0 amide bonds. The molecule has 0 unspecified atom stereocenters. The van der Waals surface area contributed by atoms with E-state index in [2.05, 4.69) is 26.8 Å². The number of hydrogen-bond donors (Lipinski definition) is 3. The van der Waals surface area contributed by atoms with Crippen molar-refractivity contribution in [3.8, 4) is 23.0 Å². The second-order valence-electron chi connectivity index (χ2n) is 9.41. The van der Waals surface area contributed by atoms with Crippen molar-refractivity contribution < 1.29 is 37.4 Å². The van der Waals surface area contributed by atoms with E-state index in [9.17, 15) is 4.57 Å². The normalized spacial score (nSPS) is 12.0. The second kappa shape index (κ2) is 14.0. The molecule has 1 aromatic carbocycles. The average molecular weight is 582 g/mol. The minimum absolute atomic E-state index is 0.216. The maximum atomic E-state index is 11.0. The van der Waals surface area contributed by atoms with E-state index >= 15 is 0 Å². The molecule has 4 N–H and O–H groups in total. The van der Waals surface area contributed by atoms with Gasteiger partial charge in [0.2, 0.25) is 12.6 Å². The van der Waals surface area contributed by atoms with Gasteiger partial charge < -0.3 is 23.8 Å². The van der Waals surface area contributed by atoms with E-state index in [1.54, 1.807) is 30.6 Å². The van der Waals surface area contributed by atoms with Gasteiger partial charge in [0.25, 0.3) is 5.82 Å². The predicted molar refractivity (Wildman–Crippen MR) is 152 cm³/mol. The van der Waals surface area contributed by atoms with E-state index in [1.807, 2.05) is 44.2 Å². The molecule has 0 fully saturated rings. The fourth-order valence-electron chi connectivity index (χ4n) is 3.84. The standard InChI is InChI=1S/C29H33N4O7P/c1-3-21(2)19-38-25-11-8-22(9-12-25)6-5-15-37-28-13-10-23(18-31-28)16-24-17-27(40-32-24)26-7-4-14-33(29(26)30)20-39-41(34,35)36/h3-4,7-14,17-18,30H,5-6,15-16,19-20H2,1-2H3,(H2,34,35,36)/p+1/b21-3+. The number of nitrogen functional groups attached to an aromatic ring is 1. The smallest absolute Gasteiger partial charge is 0.472 e. The quantitative estimate of drug-likeness (QED) is 0.0832. The molecule has 4 aromatic rings. The Kier molecular flexibility index (Phi) is 10.3. The lowest BCUT2D eigenvalue weighted by Gasteiger charge is -2.08. The van der Waals surface area contributed by atoms with Crippen molar-refractivity contribution in [1.29, 1.82) is 0 Å². The van der Waals surface area contributed by atoms with Gasteiger partial charge in [0.05, 0.1) is 18.5 Å². The number of nitrogens with zero attached hydrogens (tertiary/aromatic N) is 3. The summed E-state index contributed by atoms with van der Waals surface area (Å²) in [6, 6.07) is 17.0. The number of nitrogens with two attached hydrogens (primary N) is 1. The first-order valence-corrected chi connectivity index (χ1v) is 14.6. The first-order chi connectivity index (χ1) is 19.7. The van der Waals surface area contributed by atoms with Gasteiger partial charge >= 0.3 is 7.82 Å². The summed E-state index contributed by atoms with van der Waals surface area (Å²) in [5.41, 5.74) is 10.7. The van der Waals surface area contributed by atoms with Gasteiger partial charge in [-0.3, -0.25) is 5.73 Å². The third kappa shape index (κ3) is 9.26. The van der Waals surface area contributed by atoms with E-state index in [4.69, 9.17) is 29.5 Å². The van der Waals surface area contributed by atoms with Crippen molar-refractivity contribution in [1.82, 2.24) is 10.1 Å². The van der Waals surface area contributed by atoms with Crippen LogP contribution >= 0.6 is 7.82 Å². The van der Waals surface area contributed by atoms with Gasteiger partial charge in [-0.2, -0.15) is 0 Å². The molecule has 0 aliphatic heterocycles. The Morgan fingerprint density at radius 3 is 2.61 bits per heavy atom. The van der Waals surface area contributed by atoms with Crippen molar-refractivity contribution in [2.24, 2.45) is 0 Å². The lowest BCUT2D eigenvalue weighted by molar-refractivity contribution is -0.711. The molecule has 11 nitrogen and oxygen atoms in total. The minimum atomic E-state index is -4.64. The highest BCUT2D eigenvalue weighted by Gasteiger charge is 2.20. The van der Waals surface area contributed by atoms with E-state index < -0.39 is 14.6 Å². The topological polar surface area (TPSA) is 154 Å². The summed E-state index contributed by atoms with van der Waals surface area (Å²) in [7, 11) is -4.64. The molecular weight excluding hydrogens is 547 g/mol. The highest BCUT2D eigenvalue weighted by Crippen LogP contribution is 2.35. The maximum Gasteiger partial charge on any atom is 0.472 e. The number of phosphoric acid groups is 1. The Labute approximate surface area is 238 Å². The van der Waals surface area contributed by atoms with E-state index in [0.717, 1.165) is 24.2 Å². The first-order valence-electron chi connectivity index (χ1n) is 13.1. The number of aryl methyl sites for hydroxylation is 1. The Morgan fingerprint density at radius 2 is 1.90 bits per heavy atom. The van der Waals surface area contributed by atoms with Crippen LogP contribution in [0, 0.1) is 0 Å². The zero-order chi connectivity index (χ0) is 29.2. The van der Waals surface area contributed by atoms with E-state index in [1.165, 1.54) is 15.7 Å². The molecular formula is C29H34N4O7P+. The fraction of sp³-hybridized carbons (Fsp3) is 0.276. The molecule has 4 rings (SSSR count). The van der Waals surface area contributed by atoms with Crippen LogP contribution in [0.15, 0.2) is 83.2 Å². The number of rotatable bonds is 14. The number of allylic oxidation sites excluding steroid dienone is 1. The molecule has 12 heteroatoms. The monoisotopic (exact) mass is 581 g/mol. The predicted octanol–water partition coefficient (Wildman–Crippen LogP) is 4.62. The van der Waals surface area contributed by atoms with Crippen LogP contribution in [-0.2, 0) is 28.7 Å². The van der Waals surface area contributed by atoms with Crippen LogP contribution in [0.5, 0.6) is 11.6 Å². The fourth-order valence-corrected chi connectivity index (χ4v) is 4.11. The van der Waals surface area contributed by atoms with Crippen molar-refractivity contribution in [3.63, 3.8) is 0 Å². The van der Waals surface area contributed by atoms with Gasteiger partial charge in [0, 0.05) is 24.8 Å². The third-order valence-corrected chi connectivity index (χ3v) is 6.68.